The Labute approximate surface area is 366 Å². The van der Waals surface area contributed by atoms with E-state index in [0.717, 1.165) is 94.3 Å². The van der Waals surface area contributed by atoms with Gasteiger partial charge in [0.1, 0.15) is 11.2 Å². The summed E-state index contributed by atoms with van der Waals surface area (Å²) in [6.45, 7) is 0. The fourth-order valence-corrected chi connectivity index (χ4v) is 10.9. The summed E-state index contributed by atoms with van der Waals surface area (Å²) in [4.78, 5) is 2.28. The normalized spacial score (nSPS) is 14.6. The topological polar surface area (TPSA) is 21.3 Å². The van der Waals surface area contributed by atoms with Crippen LogP contribution >= 0.6 is 0 Å². The number of anilines is 3. The highest BCUT2D eigenvalue weighted by Crippen LogP contribution is 2.62. The van der Waals surface area contributed by atoms with Gasteiger partial charge in [0.2, 0.25) is 0 Å². The van der Waals surface area contributed by atoms with Crippen LogP contribution in [0.2, 0.25) is 0 Å². The Hall–Kier alpha value is -8.14. The smallest absolute Gasteiger partial charge is 0.137 e. The van der Waals surface area contributed by atoms with Crippen molar-refractivity contribution in [3.8, 4) is 27.9 Å². The summed E-state index contributed by atoms with van der Waals surface area (Å²) in [6.07, 6.45) is 0. The Balaban J connectivity index is 1.14. The van der Waals surface area contributed by atoms with E-state index < -0.39 is 5.41 Å². The zero-order chi connectivity index (χ0) is 45.7. The first-order valence-corrected chi connectivity index (χ1v) is 20.9. The van der Waals surface area contributed by atoms with Gasteiger partial charge in [0.05, 0.1) is 35.7 Å². The van der Waals surface area contributed by atoms with Crippen molar-refractivity contribution in [1.82, 2.24) is 4.57 Å². The van der Waals surface area contributed by atoms with E-state index in [0.29, 0.717) is 22.1 Å². The zero-order valence-electron chi connectivity index (χ0n) is 39.1. The third kappa shape index (κ3) is 4.34. The SMILES string of the molecule is [2H]c1c([2H])c2c3c(c([2H])c([2H])c([2H])c3c1[2H])C1(c3ccccc3-c3ccccc31)c1cc(N(c3ccc4c(c3)c3ccccc3n4-c3ccccc3)c3cccc4oc5ccccc5c34)ccc1-2. The van der Waals surface area contributed by atoms with Crippen LogP contribution in [0.15, 0.2) is 223 Å². The number of para-hydroxylation sites is 3. The molecule has 2 aromatic heterocycles. The highest BCUT2D eigenvalue weighted by molar-refractivity contribution is 6.15. The fraction of sp³-hybridized carbons (Fsp3) is 0.0169. The lowest BCUT2D eigenvalue weighted by atomic mass is 9.61. The Morgan fingerprint density at radius 2 is 1.08 bits per heavy atom. The molecule has 3 nitrogen and oxygen atoms in total. The molecule has 0 aliphatic heterocycles. The number of rotatable bonds is 4. The van der Waals surface area contributed by atoms with E-state index in [-0.39, 0.29) is 41.6 Å². The first-order chi connectivity index (χ1) is 33.3. The lowest BCUT2D eigenvalue weighted by Gasteiger charge is -2.41. The molecule has 2 heterocycles. The second-order valence-corrected chi connectivity index (χ2v) is 16.3. The number of benzene rings is 10. The molecule has 14 rings (SSSR count). The predicted molar refractivity (Wildman–Crippen MR) is 257 cm³/mol. The first-order valence-electron chi connectivity index (χ1n) is 23.9. The van der Waals surface area contributed by atoms with Crippen molar-refractivity contribution in [3.05, 3.63) is 240 Å². The first kappa shape index (κ1) is 28.3. The molecule has 0 bridgehead atoms. The van der Waals surface area contributed by atoms with Gasteiger partial charge in [-0.05, 0) is 122 Å². The molecule has 2 aliphatic rings. The van der Waals surface area contributed by atoms with E-state index in [1.807, 2.05) is 66.7 Å². The average molecular weight is 795 g/mol. The van der Waals surface area contributed by atoms with E-state index in [1.54, 1.807) is 0 Å². The van der Waals surface area contributed by atoms with E-state index in [2.05, 4.69) is 125 Å². The van der Waals surface area contributed by atoms with Gasteiger partial charge in [-0.2, -0.15) is 0 Å². The fourth-order valence-electron chi connectivity index (χ4n) is 10.9. The summed E-state index contributed by atoms with van der Waals surface area (Å²) >= 11 is 0. The largest absolute Gasteiger partial charge is 0.456 e. The van der Waals surface area contributed by atoms with Crippen LogP contribution in [0.4, 0.5) is 17.1 Å². The van der Waals surface area contributed by atoms with Crippen molar-refractivity contribution >= 4 is 71.6 Å². The van der Waals surface area contributed by atoms with Crippen LogP contribution in [0, 0.1) is 0 Å². The molecule has 0 radical (unpaired) electrons. The standard InChI is InChI=1S/C59H36N2O/c1-2-17-38(18-3-1)61-52-27-10-6-21-44(52)47-35-39(32-34-53(47)61)60(54-28-14-30-56-58(54)46-22-7-11-29-55(46)62-56)40-31-33-43-45-23-12-15-37-16-13-26-50(57(37)45)59(51(43)36-40)48-24-8-4-19-41(48)42-20-5-9-25-49(42)59/h1-36H/i12D,13D,15D,16D,23D,26D. The summed E-state index contributed by atoms with van der Waals surface area (Å²) < 4.78 is 65.3. The van der Waals surface area contributed by atoms with Gasteiger partial charge in [-0.3, -0.25) is 0 Å². The number of aromatic nitrogens is 1. The minimum atomic E-state index is -1.21. The molecule has 0 amide bonds. The van der Waals surface area contributed by atoms with Gasteiger partial charge in [-0.15, -0.1) is 0 Å². The molecule has 2 aliphatic carbocycles. The minimum absolute atomic E-state index is 0.121. The zero-order valence-corrected chi connectivity index (χ0v) is 33.1. The van der Waals surface area contributed by atoms with Crippen LogP contribution in [0.25, 0.3) is 82.5 Å². The molecule has 0 unspecified atom stereocenters. The van der Waals surface area contributed by atoms with Crippen LogP contribution in [0.1, 0.15) is 30.5 Å². The van der Waals surface area contributed by atoms with Crippen molar-refractivity contribution in [2.75, 3.05) is 4.90 Å². The molecule has 62 heavy (non-hydrogen) atoms. The number of furan rings is 1. The average Bonchev–Trinajstić information content (AvgIpc) is 4.02. The van der Waals surface area contributed by atoms with Crippen LogP contribution in [-0.4, -0.2) is 4.57 Å². The molecule has 10 aromatic carbocycles. The van der Waals surface area contributed by atoms with Crippen molar-refractivity contribution in [3.63, 3.8) is 0 Å². The Bertz CT molecular complexity index is 4140. The maximum Gasteiger partial charge on any atom is 0.137 e. The van der Waals surface area contributed by atoms with E-state index in [1.165, 1.54) is 0 Å². The predicted octanol–water partition coefficient (Wildman–Crippen LogP) is 15.6. The van der Waals surface area contributed by atoms with Crippen molar-refractivity contribution in [1.29, 1.82) is 0 Å². The number of fused-ring (bicyclic) bond motifs is 15. The second kappa shape index (κ2) is 12.4. The maximum absolute atomic E-state index is 9.92. The Kier molecular flexibility index (Phi) is 5.69. The molecule has 0 saturated heterocycles. The molecular weight excluding hydrogens is 753 g/mol. The van der Waals surface area contributed by atoms with E-state index in [4.69, 9.17) is 5.79 Å². The third-order valence-corrected chi connectivity index (χ3v) is 13.3. The van der Waals surface area contributed by atoms with Crippen LogP contribution in [0.3, 0.4) is 0 Å². The van der Waals surface area contributed by atoms with Crippen LogP contribution in [0.5, 0.6) is 0 Å². The van der Waals surface area contributed by atoms with Gasteiger partial charge in [0.25, 0.3) is 0 Å². The molecule has 0 N–H and O–H groups in total. The lowest BCUT2D eigenvalue weighted by Crippen LogP contribution is -2.32. The highest BCUT2D eigenvalue weighted by atomic mass is 16.3. The second-order valence-electron chi connectivity index (χ2n) is 16.3. The monoisotopic (exact) mass is 794 g/mol. The summed E-state index contributed by atoms with van der Waals surface area (Å²) in [5.41, 5.74) is 12.2. The number of nitrogens with zero attached hydrogens (tertiary/aromatic N) is 2. The van der Waals surface area contributed by atoms with Gasteiger partial charge in [-0.1, -0.05) is 152 Å². The molecule has 12 aromatic rings. The van der Waals surface area contributed by atoms with Crippen LogP contribution < -0.4 is 4.90 Å². The lowest BCUT2D eigenvalue weighted by molar-refractivity contribution is 0.669. The highest BCUT2D eigenvalue weighted by Gasteiger charge is 2.50. The molecule has 1 spiro atoms. The Morgan fingerprint density at radius 1 is 0.435 bits per heavy atom. The quantitative estimate of drug-likeness (QED) is 0.177. The van der Waals surface area contributed by atoms with E-state index >= 15 is 0 Å². The van der Waals surface area contributed by atoms with Gasteiger partial charge in [0.15, 0.2) is 0 Å². The summed E-state index contributed by atoms with van der Waals surface area (Å²) in [7, 11) is 0. The molecule has 288 valence electrons. The van der Waals surface area contributed by atoms with Crippen molar-refractivity contribution < 1.29 is 12.6 Å². The maximum atomic E-state index is 9.92. The molecule has 0 saturated carbocycles. The molecule has 0 atom stereocenters. The third-order valence-electron chi connectivity index (χ3n) is 13.3. The summed E-state index contributed by atoms with van der Waals surface area (Å²) in [5.74, 6) is 0. The minimum Gasteiger partial charge on any atom is -0.456 e. The molecule has 0 fully saturated rings. The van der Waals surface area contributed by atoms with Gasteiger partial charge >= 0.3 is 0 Å². The van der Waals surface area contributed by atoms with Gasteiger partial charge in [-0.25, -0.2) is 0 Å². The molecular formula is C59H36N2O. The van der Waals surface area contributed by atoms with Gasteiger partial charge in [0, 0.05) is 33.2 Å². The molecule has 3 heteroatoms. The van der Waals surface area contributed by atoms with Crippen LogP contribution in [-0.2, 0) is 5.41 Å². The van der Waals surface area contributed by atoms with Gasteiger partial charge < -0.3 is 13.9 Å². The summed E-state index contributed by atoms with van der Waals surface area (Å²) in [6, 6.07) is 61.0. The van der Waals surface area contributed by atoms with Crippen molar-refractivity contribution in [2.24, 2.45) is 0 Å². The van der Waals surface area contributed by atoms with E-state index in [9.17, 15) is 6.85 Å². The van der Waals surface area contributed by atoms with Crippen molar-refractivity contribution in [2.45, 2.75) is 5.41 Å². The number of hydrogen-bond acceptors (Lipinski definition) is 2. The summed E-state index contributed by atoms with van der Waals surface area (Å²) in [5, 5.41) is 4.64. The Morgan fingerprint density at radius 3 is 1.92 bits per heavy atom. The number of hydrogen-bond donors (Lipinski definition) is 0.